The molecule has 1 unspecified atom stereocenters. The number of hydrogen-bond donors (Lipinski definition) is 0. The molecule has 0 bridgehead atoms. The molecule has 1 aliphatic rings. The van der Waals surface area contributed by atoms with Gasteiger partial charge in [-0.25, -0.2) is 0 Å². The molecule has 0 saturated heterocycles. The van der Waals surface area contributed by atoms with Gasteiger partial charge in [0.2, 0.25) is 0 Å². The maximum atomic E-state index is 11.7. The summed E-state index contributed by atoms with van der Waals surface area (Å²) in [6.07, 6.45) is 6.27. The minimum atomic E-state index is -1.28. The largest absolute Gasteiger partial charge is 0.296 e. The minimum absolute atomic E-state index is 0.0666. The third-order valence-electron chi connectivity index (χ3n) is 2.89. The first-order valence-electron chi connectivity index (χ1n) is 5.98. The lowest BCUT2D eigenvalue weighted by Gasteiger charge is -2.21. The van der Waals surface area contributed by atoms with Crippen molar-refractivity contribution in [3.05, 3.63) is 0 Å². The first kappa shape index (κ1) is 13.9. The molecule has 0 amide bonds. The van der Waals surface area contributed by atoms with Gasteiger partial charge in [-0.3, -0.25) is 4.79 Å². The van der Waals surface area contributed by atoms with E-state index in [4.69, 9.17) is 23.2 Å². The van der Waals surface area contributed by atoms with Crippen molar-refractivity contribution in [1.82, 2.24) is 0 Å². The molecule has 16 heavy (non-hydrogen) atoms. The van der Waals surface area contributed by atoms with Crippen molar-refractivity contribution in [2.24, 2.45) is 5.92 Å². The Morgan fingerprint density at radius 1 is 1.44 bits per heavy atom. The molecule has 1 aliphatic carbocycles. The molecular formula is C13H18Cl2O. The van der Waals surface area contributed by atoms with Crippen molar-refractivity contribution in [3.8, 4) is 11.8 Å². The van der Waals surface area contributed by atoms with Gasteiger partial charge >= 0.3 is 0 Å². The lowest BCUT2D eigenvalue weighted by atomic mass is 9.99. The first-order valence-corrected chi connectivity index (χ1v) is 6.74. The van der Waals surface area contributed by atoms with Crippen molar-refractivity contribution in [2.45, 2.75) is 56.2 Å². The van der Waals surface area contributed by atoms with Gasteiger partial charge in [0.25, 0.3) is 0 Å². The highest BCUT2D eigenvalue weighted by Crippen LogP contribution is 2.38. The zero-order valence-corrected chi connectivity index (χ0v) is 11.2. The predicted molar refractivity (Wildman–Crippen MR) is 68.7 cm³/mol. The Balaban J connectivity index is 2.66. The molecule has 1 rings (SSSR count). The molecule has 0 heterocycles. The number of Topliss-reactive ketones (excluding diaryl/α,β-unsaturated/α-hetero) is 1. The number of unbranched alkanes of at least 4 members (excludes halogenated alkanes) is 2. The Labute approximate surface area is 108 Å². The Bertz CT molecular complexity index is 299. The minimum Gasteiger partial charge on any atom is -0.296 e. The number of halogens is 2. The Hall–Kier alpha value is -0.190. The van der Waals surface area contributed by atoms with Crippen LogP contribution in [0.2, 0.25) is 0 Å². The van der Waals surface area contributed by atoms with Crippen LogP contribution < -0.4 is 0 Å². The molecule has 0 N–H and O–H groups in total. The van der Waals surface area contributed by atoms with Crippen molar-refractivity contribution < 1.29 is 4.79 Å². The number of carbonyl (C=O) groups is 1. The highest BCUT2D eigenvalue weighted by atomic mass is 35.5. The van der Waals surface area contributed by atoms with Gasteiger partial charge in [0, 0.05) is 12.8 Å². The quantitative estimate of drug-likeness (QED) is 0.316. The average molecular weight is 261 g/mol. The number of alkyl halides is 2. The van der Waals surface area contributed by atoms with Crippen LogP contribution in [0.3, 0.4) is 0 Å². The molecule has 1 nitrogen and oxygen atoms in total. The number of ketones is 1. The van der Waals surface area contributed by atoms with Crippen LogP contribution in [-0.4, -0.2) is 10.1 Å². The summed E-state index contributed by atoms with van der Waals surface area (Å²) in [6, 6.07) is 0. The monoisotopic (exact) mass is 260 g/mol. The third-order valence-corrected chi connectivity index (χ3v) is 3.84. The summed E-state index contributed by atoms with van der Waals surface area (Å²) >= 11 is 12.2. The van der Waals surface area contributed by atoms with Gasteiger partial charge in [0.05, 0.1) is 5.92 Å². The third kappa shape index (κ3) is 3.68. The Kier molecular flexibility index (Phi) is 5.66. The lowest BCUT2D eigenvalue weighted by molar-refractivity contribution is -0.120. The fourth-order valence-electron chi connectivity index (χ4n) is 1.80. The zero-order chi connectivity index (χ0) is 12.0. The fraction of sp³-hybridized carbons (Fsp3) is 0.769. The molecule has 0 radical (unpaired) electrons. The van der Waals surface area contributed by atoms with E-state index in [-0.39, 0.29) is 11.7 Å². The number of carbonyl (C=O) groups excluding carboxylic acids is 1. The normalized spacial score (nSPS) is 24.4. The standard InChI is InChI=1S/C13H18Cl2O/c1-2-3-4-5-8-11-9-6-7-10-12(16)13(11,14)15/h11H,2-4,6-7,9-10H2,1H3. The van der Waals surface area contributed by atoms with E-state index in [1.165, 1.54) is 0 Å². The van der Waals surface area contributed by atoms with E-state index >= 15 is 0 Å². The molecule has 0 aromatic carbocycles. The van der Waals surface area contributed by atoms with Gasteiger partial charge in [-0.15, -0.1) is 5.92 Å². The molecule has 1 saturated carbocycles. The molecule has 1 fully saturated rings. The summed E-state index contributed by atoms with van der Waals surface area (Å²) in [5, 5.41) is 0. The maximum absolute atomic E-state index is 11.7. The van der Waals surface area contributed by atoms with Crippen LogP contribution in [0, 0.1) is 17.8 Å². The van der Waals surface area contributed by atoms with Crippen molar-refractivity contribution in [2.75, 3.05) is 0 Å². The molecule has 0 aliphatic heterocycles. The van der Waals surface area contributed by atoms with Crippen molar-refractivity contribution in [1.29, 1.82) is 0 Å². The van der Waals surface area contributed by atoms with Crippen LogP contribution >= 0.6 is 23.2 Å². The van der Waals surface area contributed by atoms with Crippen molar-refractivity contribution in [3.63, 3.8) is 0 Å². The predicted octanol–water partition coefficient (Wildman–Crippen LogP) is 4.11. The van der Waals surface area contributed by atoms with Crippen molar-refractivity contribution >= 4 is 29.0 Å². The second-order valence-electron chi connectivity index (χ2n) is 4.27. The number of rotatable bonds is 2. The molecule has 1 atom stereocenters. The van der Waals surface area contributed by atoms with Crippen LogP contribution in [-0.2, 0) is 4.79 Å². The van der Waals surface area contributed by atoms with E-state index in [9.17, 15) is 4.79 Å². The summed E-state index contributed by atoms with van der Waals surface area (Å²) in [7, 11) is 0. The van der Waals surface area contributed by atoms with E-state index in [0.717, 1.165) is 38.5 Å². The molecule has 3 heteroatoms. The molecular weight excluding hydrogens is 243 g/mol. The van der Waals surface area contributed by atoms with Crippen LogP contribution in [0.5, 0.6) is 0 Å². The van der Waals surface area contributed by atoms with E-state index in [1.807, 2.05) is 0 Å². The van der Waals surface area contributed by atoms with Gasteiger partial charge < -0.3 is 0 Å². The van der Waals surface area contributed by atoms with E-state index in [1.54, 1.807) is 0 Å². The summed E-state index contributed by atoms with van der Waals surface area (Å²) < 4.78 is -1.28. The highest BCUT2D eigenvalue weighted by Gasteiger charge is 2.41. The van der Waals surface area contributed by atoms with Gasteiger partial charge in [-0.05, 0) is 19.3 Å². The topological polar surface area (TPSA) is 17.1 Å². The number of hydrogen-bond acceptors (Lipinski definition) is 1. The summed E-state index contributed by atoms with van der Waals surface area (Å²) in [6.45, 7) is 2.13. The lowest BCUT2D eigenvalue weighted by Crippen LogP contribution is -2.32. The smallest absolute Gasteiger partial charge is 0.189 e. The van der Waals surface area contributed by atoms with Gasteiger partial charge in [0.15, 0.2) is 10.1 Å². The van der Waals surface area contributed by atoms with Gasteiger partial charge in [0.1, 0.15) is 0 Å². The molecule has 90 valence electrons. The van der Waals surface area contributed by atoms with Crippen LogP contribution in [0.15, 0.2) is 0 Å². The zero-order valence-electron chi connectivity index (χ0n) is 9.69. The summed E-state index contributed by atoms with van der Waals surface area (Å²) in [5.41, 5.74) is 0. The van der Waals surface area contributed by atoms with E-state index in [0.29, 0.717) is 6.42 Å². The molecule has 0 aromatic heterocycles. The van der Waals surface area contributed by atoms with Crippen LogP contribution in [0.1, 0.15) is 51.9 Å². The summed E-state index contributed by atoms with van der Waals surface area (Å²) in [5.74, 6) is 5.91. The second-order valence-corrected chi connectivity index (χ2v) is 5.66. The Morgan fingerprint density at radius 2 is 2.19 bits per heavy atom. The highest BCUT2D eigenvalue weighted by molar-refractivity contribution is 6.58. The van der Waals surface area contributed by atoms with Crippen LogP contribution in [0.25, 0.3) is 0 Å². The van der Waals surface area contributed by atoms with E-state index < -0.39 is 4.33 Å². The first-order chi connectivity index (χ1) is 7.59. The Morgan fingerprint density at radius 3 is 2.88 bits per heavy atom. The van der Waals surface area contributed by atoms with Crippen LogP contribution in [0.4, 0.5) is 0 Å². The second kappa shape index (κ2) is 6.52. The summed E-state index contributed by atoms with van der Waals surface area (Å²) in [4.78, 5) is 11.7. The fourth-order valence-corrected chi connectivity index (χ4v) is 2.32. The average Bonchev–Trinajstić information content (AvgIpc) is 2.36. The maximum Gasteiger partial charge on any atom is 0.189 e. The SMILES string of the molecule is CCCCC#CC1CCCCC(=O)C1(Cl)Cl. The van der Waals surface area contributed by atoms with E-state index in [2.05, 4.69) is 18.8 Å². The van der Waals surface area contributed by atoms with Gasteiger partial charge in [-0.2, -0.15) is 0 Å². The molecule has 0 aromatic rings. The molecule has 0 spiro atoms. The van der Waals surface area contributed by atoms with Gasteiger partial charge in [-0.1, -0.05) is 48.9 Å².